The van der Waals surface area contributed by atoms with Crippen LogP contribution in [0.1, 0.15) is 18.3 Å². The summed E-state index contributed by atoms with van der Waals surface area (Å²) in [7, 11) is 3.47. The van der Waals surface area contributed by atoms with E-state index in [9.17, 15) is 4.79 Å². The molecule has 1 atom stereocenters. The summed E-state index contributed by atoms with van der Waals surface area (Å²) in [6, 6.07) is 7.59. The van der Waals surface area contributed by atoms with Crippen LogP contribution in [0.25, 0.3) is 0 Å². The molecule has 0 bridgehead atoms. The van der Waals surface area contributed by atoms with E-state index in [-0.39, 0.29) is 11.2 Å². The summed E-state index contributed by atoms with van der Waals surface area (Å²) in [6.45, 7) is 5.64. The number of hydrogen-bond acceptors (Lipinski definition) is 8. The van der Waals surface area contributed by atoms with Gasteiger partial charge in [0.15, 0.2) is 4.34 Å². The van der Waals surface area contributed by atoms with Gasteiger partial charge in [0.2, 0.25) is 11.0 Å². The number of methoxy groups -OCH3 is 1. The van der Waals surface area contributed by atoms with E-state index in [1.165, 1.54) is 23.1 Å². The van der Waals surface area contributed by atoms with Crippen molar-refractivity contribution >= 4 is 45.5 Å². The molecule has 0 unspecified atom stereocenters. The summed E-state index contributed by atoms with van der Waals surface area (Å²) < 4.78 is 7.79. The molecule has 0 radical (unpaired) electrons. The van der Waals surface area contributed by atoms with Crippen LogP contribution in [-0.2, 0) is 11.8 Å². The Hall–Kier alpha value is -2.59. The van der Waals surface area contributed by atoms with Crippen molar-refractivity contribution in [3.8, 4) is 5.75 Å². The van der Waals surface area contributed by atoms with Crippen molar-refractivity contribution in [2.75, 3.05) is 17.7 Å². The standard InChI is InChI=1S/C18H22N6O2S2/c1-10-15(11(2)24(4)23-10)20-16(25)12(3)27-18-22-21-17(28-18)19-13-8-6-7-9-14(13)26-5/h6-9,12H,1-5H3,(H,19,21)(H,20,25)/t12-/m0/s1. The van der Waals surface area contributed by atoms with Gasteiger partial charge in [0.05, 0.1) is 35.1 Å². The van der Waals surface area contributed by atoms with Crippen LogP contribution in [0.2, 0.25) is 0 Å². The van der Waals surface area contributed by atoms with Crippen molar-refractivity contribution in [3.05, 3.63) is 35.7 Å². The summed E-state index contributed by atoms with van der Waals surface area (Å²) >= 11 is 2.75. The van der Waals surface area contributed by atoms with Crippen LogP contribution in [0.3, 0.4) is 0 Å². The molecule has 0 spiro atoms. The monoisotopic (exact) mass is 418 g/mol. The summed E-state index contributed by atoms with van der Waals surface area (Å²) in [5.41, 5.74) is 3.29. The van der Waals surface area contributed by atoms with Crippen LogP contribution >= 0.6 is 23.1 Å². The second-order valence-corrected chi connectivity index (χ2v) is 8.68. The number of amides is 1. The molecule has 3 rings (SSSR count). The van der Waals surface area contributed by atoms with Gasteiger partial charge in [0.25, 0.3) is 0 Å². The first kappa shape index (κ1) is 20.2. The van der Waals surface area contributed by atoms with Crippen LogP contribution in [0.4, 0.5) is 16.5 Å². The maximum Gasteiger partial charge on any atom is 0.237 e. The Morgan fingerprint density at radius 3 is 2.71 bits per heavy atom. The van der Waals surface area contributed by atoms with Gasteiger partial charge in [0.1, 0.15) is 5.75 Å². The number of carbonyl (C=O) groups is 1. The second-order valence-electron chi connectivity index (χ2n) is 6.12. The zero-order chi connectivity index (χ0) is 20.3. The molecule has 1 aromatic carbocycles. The number of nitrogens with zero attached hydrogens (tertiary/aromatic N) is 4. The van der Waals surface area contributed by atoms with Crippen LogP contribution in [-0.4, -0.2) is 38.2 Å². The Morgan fingerprint density at radius 1 is 1.29 bits per heavy atom. The number of nitrogens with one attached hydrogen (secondary N) is 2. The predicted octanol–water partition coefficient (Wildman–Crippen LogP) is 3.76. The Balaban J connectivity index is 1.63. The van der Waals surface area contributed by atoms with Crippen LogP contribution < -0.4 is 15.4 Å². The topological polar surface area (TPSA) is 94.0 Å². The number of aryl methyl sites for hydroxylation is 2. The number of aromatic nitrogens is 4. The van der Waals surface area contributed by atoms with Gasteiger partial charge in [-0.15, -0.1) is 10.2 Å². The molecule has 148 valence electrons. The van der Waals surface area contributed by atoms with Crippen LogP contribution in [0.5, 0.6) is 5.75 Å². The largest absolute Gasteiger partial charge is 0.495 e. The lowest BCUT2D eigenvalue weighted by Gasteiger charge is -2.10. The highest BCUT2D eigenvalue weighted by Gasteiger charge is 2.20. The number of ether oxygens (including phenoxy) is 1. The van der Waals surface area contributed by atoms with Crippen molar-refractivity contribution < 1.29 is 9.53 Å². The number of anilines is 3. The van der Waals surface area contributed by atoms with Crippen molar-refractivity contribution in [1.82, 2.24) is 20.0 Å². The van der Waals surface area contributed by atoms with Crippen LogP contribution in [0, 0.1) is 13.8 Å². The van der Waals surface area contributed by atoms with Crippen molar-refractivity contribution in [2.45, 2.75) is 30.4 Å². The molecule has 8 nitrogen and oxygen atoms in total. The summed E-state index contributed by atoms with van der Waals surface area (Å²) in [6.07, 6.45) is 0. The molecule has 2 heterocycles. The molecule has 2 aromatic heterocycles. The van der Waals surface area contributed by atoms with Crippen molar-refractivity contribution in [2.24, 2.45) is 7.05 Å². The van der Waals surface area contributed by atoms with E-state index < -0.39 is 0 Å². The van der Waals surface area contributed by atoms with Gasteiger partial charge in [-0.05, 0) is 32.9 Å². The van der Waals surface area contributed by atoms with Gasteiger partial charge in [-0.25, -0.2) is 0 Å². The number of para-hydroxylation sites is 2. The van der Waals surface area contributed by atoms with Gasteiger partial charge in [0, 0.05) is 7.05 Å². The molecule has 0 fully saturated rings. The lowest BCUT2D eigenvalue weighted by Crippen LogP contribution is -2.23. The number of hydrogen-bond donors (Lipinski definition) is 2. The molecule has 3 aromatic rings. The number of thioether (sulfide) groups is 1. The minimum atomic E-state index is -0.328. The van der Waals surface area contributed by atoms with Crippen LogP contribution in [0.15, 0.2) is 28.6 Å². The van der Waals surface area contributed by atoms with Gasteiger partial charge in [-0.3, -0.25) is 9.48 Å². The highest BCUT2D eigenvalue weighted by molar-refractivity contribution is 8.02. The minimum Gasteiger partial charge on any atom is -0.495 e. The predicted molar refractivity (Wildman–Crippen MR) is 113 cm³/mol. The third kappa shape index (κ3) is 4.45. The quantitative estimate of drug-likeness (QED) is 0.564. The van der Waals surface area contributed by atoms with Crippen molar-refractivity contribution in [1.29, 1.82) is 0 Å². The normalized spacial score (nSPS) is 11.9. The number of rotatable bonds is 7. The molecule has 0 aliphatic carbocycles. The van der Waals surface area contributed by atoms with E-state index in [1.807, 2.05) is 52.1 Å². The van der Waals surface area contributed by atoms with E-state index in [0.717, 1.165) is 28.5 Å². The third-order valence-corrected chi connectivity index (χ3v) is 6.18. The SMILES string of the molecule is COc1ccccc1Nc1nnc(S[C@@H](C)C(=O)Nc2c(C)nn(C)c2C)s1. The van der Waals surface area contributed by atoms with Gasteiger partial charge in [-0.2, -0.15) is 5.10 Å². The van der Waals surface area contributed by atoms with Gasteiger partial charge in [-0.1, -0.05) is 35.2 Å². The van der Waals surface area contributed by atoms with Gasteiger partial charge < -0.3 is 15.4 Å². The number of carbonyl (C=O) groups excluding carboxylic acids is 1. The number of benzene rings is 1. The Morgan fingerprint density at radius 2 is 2.04 bits per heavy atom. The maximum absolute atomic E-state index is 12.6. The molecule has 10 heteroatoms. The molecular formula is C18H22N6O2S2. The van der Waals surface area contributed by atoms with E-state index in [4.69, 9.17) is 4.74 Å². The summed E-state index contributed by atoms with van der Waals surface area (Å²) in [4.78, 5) is 12.6. The maximum atomic E-state index is 12.6. The fraction of sp³-hybridized carbons (Fsp3) is 0.333. The molecule has 0 saturated carbocycles. The highest BCUT2D eigenvalue weighted by Crippen LogP contribution is 2.33. The molecular weight excluding hydrogens is 396 g/mol. The van der Waals surface area contributed by atoms with Gasteiger partial charge >= 0.3 is 0 Å². The summed E-state index contributed by atoms with van der Waals surface area (Å²) in [5.74, 6) is 0.625. The first-order valence-electron chi connectivity index (χ1n) is 8.60. The Bertz CT molecular complexity index is 984. The zero-order valence-electron chi connectivity index (χ0n) is 16.3. The first-order chi connectivity index (χ1) is 13.4. The third-order valence-electron chi connectivity index (χ3n) is 4.16. The van der Waals surface area contributed by atoms with Crippen molar-refractivity contribution in [3.63, 3.8) is 0 Å². The lowest BCUT2D eigenvalue weighted by molar-refractivity contribution is -0.115. The van der Waals surface area contributed by atoms with E-state index in [0.29, 0.717) is 9.47 Å². The molecule has 28 heavy (non-hydrogen) atoms. The lowest BCUT2D eigenvalue weighted by atomic mass is 10.3. The average Bonchev–Trinajstić information content (AvgIpc) is 3.21. The minimum absolute atomic E-state index is 0.0985. The van der Waals surface area contributed by atoms with E-state index in [1.54, 1.807) is 11.8 Å². The fourth-order valence-corrected chi connectivity index (χ4v) is 4.46. The van der Waals surface area contributed by atoms with E-state index >= 15 is 0 Å². The van der Waals surface area contributed by atoms with E-state index in [2.05, 4.69) is 25.9 Å². The Kier molecular flexibility index (Phi) is 6.20. The molecule has 0 aliphatic rings. The Labute approximate surface area is 171 Å². The molecule has 2 N–H and O–H groups in total. The zero-order valence-corrected chi connectivity index (χ0v) is 17.9. The average molecular weight is 419 g/mol. The molecule has 0 aliphatic heterocycles. The smallest absolute Gasteiger partial charge is 0.237 e. The highest BCUT2D eigenvalue weighted by atomic mass is 32.2. The molecule has 1 amide bonds. The molecule has 0 saturated heterocycles. The summed E-state index contributed by atoms with van der Waals surface area (Å²) in [5, 5.41) is 19.1. The second kappa shape index (κ2) is 8.61. The fourth-order valence-electron chi connectivity index (χ4n) is 2.56. The first-order valence-corrected chi connectivity index (χ1v) is 10.3.